The molecule has 2 rings (SSSR count). The minimum atomic E-state index is -0.509. The summed E-state index contributed by atoms with van der Waals surface area (Å²) in [5.41, 5.74) is 0.616. The van der Waals surface area contributed by atoms with E-state index in [9.17, 15) is 19.7 Å². The Bertz CT molecular complexity index is 639. The monoisotopic (exact) mass is 334 g/mol. The van der Waals surface area contributed by atoms with E-state index in [2.05, 4.69) is 10.6 Å². The highest BCUT2D eigenvalue weighted by Gasteiger charge is 2.23. The van der Waals surface area contributed by atoms with Crippen LogP contribution in [0.3, 0.4) is 0 Å². The molecule has 0 saturated carbocycles. The summed E-state index contributed by atoms with van der Waals surface area (Å²) in [6.45, 7) is 5.03. The molecule has 1 aliphatic rings. The number of nitro benzene ring substituents is 1. The lowest BCUT2D eigenvalue weighted by Crippen LogP contribution is -2.39. The van der Waals surface area contributed by atoms with Crippen LogP contribution in [0.1, 0.15) is 37.0 Å². The Morgan fingerprint density at radius 1 is 1.29 bits per heavy atom. The van der Waals surface area contributed by atoms with Crippen LogP contribution in [-0.2, 0) is 4.79 Å². The maximum absolute atomic E-state index is 12.1. The minimum absolute atomic E-state index is 0.0183. The van der Waals surface area contributed by atoms with Gasteiger partial charge in [-0.25, -0.2) is 0 Å². The third-order valence-corrected chi connectivity index (χ3v) is 3.74. The number of nitrogens with one attached hydrogen (secondary N) is 2. The molecule has 130 valence electrons. The van der Waals surface area contributed by atoms with Crippen LogP contribution >= 0.6 is 0 Å². The predicted molar refractivity (Wildman–Crippen MR) is 90.2 cm³/mol. The molecule has 1 aliphatic heterocycles. The Balaban J connectivity index is 2.10. The molecule has 2 N–H and O–H groups in total. The molecule has 1 saturated heterocycles. The van der Waals surface area contributed by atoms with E-state index in [0.29, 0.717) is 5.69 Å². The summed E-state index contributed by atoms with van der Waals surface area (Å²) in [6.07, 6.45) is 2.01. The molecular formula is C16H22N4O4. The normalized spacial score (nSPS) is 13.9. The van der Waals surface area contributed by atoms with E-state index in [-0.39, 0.29) is 29.7 Å². The van der Waals surface area contributed by atoms with Crippen molar-refractivity contribution in [3.8, 4) is 0 Å². The zero-order valence-electron chi connectivity index (χ0n) is 13.9. The van der Waals surface area contributed by atoms with Gasteiger partial charge in [-0.3, -0.25) is 19.7 Å². The number of hydrogen-bond donors (Lipinski definition) is 2. The molecule has 8 heteroatoms. The Morgan fingerprint density at radius 2 is 1.96 bits per heavy atom. The summed E-state index contributed by atoms with van der Waals surface area (Å²) in [5, 5.41) is 16.5. The molecule has 0 spiro atoms. The average Bonchev–Trinajstić information content (AvgIpc) is 3.05. The number of nitrogens with zero attached hydrogens (tertiary/aromatic N) is 2. The summed E-state index contributed by atoms with van der Waals surface area (Å²) in [6, 6.07) is 4.40. The lowest BCUT2D eigenvalue weighted by molar-refractivity contribution is -0.384. The zero-order chi connectivity index (χ0) is 17.7. The third-order valence-electron chi connectivity index (χ3n) is 3.74. The molecule has 0 aliphatic carbocycles. The number of carbonyl (C=O) groups is 2. The highest BCUT2D eigenvalue weighted by Crippen LogP contribution is 2.31. The van der Waals surface area contributed by atoms with Gasteiger partial charge in [0.1, 0.15) is 5.69 Å². The summed E-state index contributed by atoms with van der Waals surface area (Å²) in [7, 11) is 0. The molecule has 0 radical (unpaired) electrons. The van der Waals surface area contributed by atoms with E-state index in [1.54, 1.807) is 12.1 Å². The van der Waals surface area contributed by atoms with Crippen molar-refractivity contribution in [2.24, 2.45) is 0 Å². The summed E-state index contributed by atoms with van der Waals surface area (Å²) >= 11 is 0. The number of amides is 2. The van der Waals surface area contributed by atoms with E-state index in [1.807, 2.05) is 18.7 Å². The SMILES string of the molecule is CC(C)NC(=O)CNC(=O)c1ccc(N2CCCC2)c([N+](=O)[O-])c1. The molecule has 24 heavy (non-hydrogen) atoms. The molecule has 8 nitrogen and oxygen atoms in total. The number of nitro groups is 1. The molecule has 1 aromatic carbocycles. The smallest absolute Gasteiger partial charge is 0.293 e. The van der Waals surface area contributed by atoms with Crippen LogP contribution in [-0.4, -0.2) is 42.4 Å². The number of anilines is 1. The van der Waals surface area contributed by atoms with Gasteiger partial charge in [-0.1, -0.05) is 0 Å². The van der Waals surface area contributed by atoms with Crippen LogP contribution < -0.4 is 15.5 Å². The molecule has 1 fully saturated rings. The van der Waals surface area contributed by atoms with Gasteiger partial charge in [0.25, 0.3) is 11.6 Å². The highest BCUT2D eigenvalue weighted by atomic mass is 16.6. The molecule has 0 unspecified atom stereocenters. The second kappa shape index (κ2) is 7.76. The first-order valence-electron chi connectivity index (χ1n) is 7.99. The number of hydrogen-bond acceptors (Lipinski definition) is 5. The van der Waals surface area contributed by atoms with E-state index in [4.69, 9.17) is 0 Å². The van der Waals surface area contributed by atoms with E-state index in [1.165, 1.54) is 6.07 Å². The van der Waals surface area contributed by atoms with Gasteiger partial charge in [-0.2, -0.15) is 0 Å². The first-order chi connectivity index (χ1) is 11.4. The van der Waals surface area contributed by atoms with Crippen molar-refractivity contribution >= 4 is 23.2 Å². The number of rotatable bonds is 6. The quantitative estimate of drug-likeness (QED) is 0.605. The fraction of sp³-hybridized carbons (Fsp3) is 0.500. The van der Waals surface area contributed by atoms with Crippen molar-refractivity contribution in [2.75, 3.05) is 24.5 Å². The number of carbonyl (C=O) groups excluding carboxylic acids is 2. The van der Waals surface area contributed by atoms with Crippen molar-refractivity contribution in [1.82, 2.24) is 10.6 Å². The Morgan fingerprint density at radius 3 is 2.54 bits per heavy atom. The van der Waals surface area contributed by atoms with Crippen molar-refractivity contribution < 1.29 is 14.5 Å². The van der Waals surface area contributed by atoms with Crippen molar-refractivity contribution in [1.29, 1.82) is 0 Å². The van der Waals surface area contributed by atoms with Crippen LogP contribution in [0, 0.1) is 10.1 Å². The topological polar surface area (TPSA) is 105 Å². The Hall–Kier alpha value is -2.64. The van der Waals surface area contributed by atoms with Crippen LogP contribution in [0.5, 0.6) is 0 Å². The van der Waals surface area contributed by atoms with Gasteiger partial charge in [0.05, 0.1) is 11.5 Å². The lowest BCUT2D eigenvalue weighted by atomic mass is 10.1. The van der Waals surface area contributed by atoms with E-state index < -0.39 is 10.8 Å². The summed E-state index contributed by atoms with van der Waals surface area (Å²) in [4.78, 5) is 36.5. The van der Waals surface area contributed by atoms with Gasteiger partial charge in [-0.15, -0.1) is 0 Å². The number of benzene rings is 1. The minimum Gasteiger partial charge on any atom is -0.366 e. The first kappa shape index (κ1) is 17.7. The molecule has 1 heterocycles. The van der Waals surface area contributed by atoms with Crippen LogP contribution in [0.15, 0.2) is 18.2 Å². The van der Waals surface area contributed by atoms with Gasteiger partial charge in [0.2, 0.25) is 5.91 Å². The lowest BCUT2D eigenvalue weighted by Gasteiger charge is -2.17. The van der Waals surface area contributed by atoms with Crippen molar-refractivity contribution in [3.63, 3.8) is 0 Å². The van der Waals surface area contributed by atoms with Gasteiger partial charge < -0.3 is 15.5 Å². The molecule has 0 bridgehead atoms. The highest BCUT2D eigenvalue weighted by molar-refractivity contribution is 5.97. The third kappa shape index (κ3) is 4.43. The van der Waals surface area contributed by atoms with Gasteiger partial charge in [-0.05, 0) is 38.8 Å². The second-order valence-corrected chi connectivity index (χ2v) is 6.06. The maximum Gasteiger partial charge on any atom is 0.293 e. The summed E-state index contributed by atoms with van der Waals surface area (Å²) < 4.78 is 0. The van der Waals surface area contributed by atoms with Crippen molar-refractivity contribution in [3.05, 3.63) is 33.9 Å². The maximum atomic E-state index is 12.1. The molecule has 2 amide bonds. The molecular weight excluding hydrogens is 312 g/mol. The van der Waals surface area contributed by atoms with Gasteiger partial charge in [0.15, 0.2) is 0 Å². The Kier molecular flexibility index (Phi) is 5.73. The van der Waals surface area contributed by atoms with Crippen LogP contribution in [0.2, 0.25) is 0 Å². The fourth-order valence-electron chi connectivity index (χ4n) is 2.67. The average molecular weight is 334 g/mol. The molecule has 1 aromatic rings. The van der Waals surface area contributed by atoms with E-state index >= 15 is 0 Å². The molecule has 0 atom stereocenters. The molecule has 0 aromatic heterocycles. The van der Waals surface area contributed by atoms with Crippen molar-refractivity contribution in [2.45, 2.75) is 32.7 Å². The van der Waals surface area contributed by atoms with Crippen LogP contribution in [0.4, 0.5) is 11.4 Å². The van der Waals surface area contributed by atoms with E-state index in [0.717, 1.165) is 25.9 Å². The fourth-order valence-corrected chi connectivity index (χ4v) is 2.67. The zero-order valence-corrected chi connectivity index (χ0v) is 13.9. The summed E-state index contributed by atoms with van der Waals surface area (Å²) in [5.74, 6) is -0.813. The van der Waals surface area contributed by atoms with Gasteiger partial charge in [0, 0.05) is 30.8 Å². The largest absolute Gasteiger partial charge is 0.366 e. The van der Waals surface area contributed by atoms with Gasteiger partial charge >= 0.3 is 0 Å². The first-order valence-corrected chi connectivity index (χ1v) is 7.99. The second-order valence-electron chi connectivity index (χ2n) is 6.06. The Labute approximate surface area is 140 Å². The predicted octanol–water partition coefficient (Wildman–Crippen LogP) is 1.45. The van der Waals surface area contributed by atoms with Crippen LogP contribution in [0.25, 0.3) is 0 Å². The standard InChI is InChI=1S/C16H22N4O4/c1-11(2)18-15(21)10-17-16(22)12-5-6-13(14(9-12)20(23)24)19-7-3-4-8-19/h5-6,9,11H,3-4,7-8,10H2,1-2H3,(H,17,22)(H,18,21).